The summed E-state index contributed by atoms with van der Waals surface area (Å²) in [5.41, 5.74) is 2.22. The van der Waals surface area contributed by atoms with Crippen LogP contribution in [0.15, 0.2) is 39.8 Å². The molecule has 134 valence electrons. The lowest BCUT2D eigenvalue weighted by Gasteiger charge is -2.15. The number of hydrogen-bond acceptors (Lipinski definition) is 4. The molecule has 1 aromatic carbocycles. The molecular formula is C19H26N4O2. The Morgan fingerprint density at radius 1 is 1.32 bits per heavy atom. The van der Waals surface area contributed by atoms with Crippen LogP contribution in [0.2, 0.25) is 0 Å². The number of aliphatic imine (C=N–C) groups is 1. The van der Waals surface area contributed by atoms with Crippen molar-refractivity contribution in [3.63, 3.8) is 0 Å². The third-order valence-corrected chi connectivity index (χ3v) is 4.12. The van der Waals surface area contributed by atoms with E-state index in [9.17, 15) is 0 Å². The Morgan fingerprint density at radius 3 is 2.88 bits per heavy atom. The first-order valence-electron chi connectivity index (χ1n) is 8.88. The lowest BCUT2D eigenvalue weighted by molar-refractivity contribution is 0.235. The van der Waals surface area contributed by atoms with Crippen LogP contribution in [0.5, 0.6) is 5.75 Å². The fourth-order valence-corrected chi connectivity index (χ4v) is 2.75. The molecule has 1 atom stereocenters. The van der Waals surface area contributed by atoms with Crippen molar-refractivity contribution in [3.8, 4) is 5.75 Å². The van der Waals surface area contributed by atoms with Gasteiger partial charge in [0.15, 0.2) is 11.7 Å². The van der Waals surface area contributed by atoms with E-state index in [-0.39, 0.29) is 6.10 Å². The molecule has 0 bridgehead atoms. The van der Waals surface area contributed by atoms with Gasteiger partial charge < -0.3 is 19.9 Å². The van der Waals surface area contributed by atoms with E-state index in [1.165, 1.54) is 5.56 Å². The summed E-state index contributed by atoms with van der Waals surface area (Å²) in [4.78, 5) is 4.57. The average molecular weight is 342 g/mol. The van der Waals surface area contributed by atoms with E-state index >= 15 is 0 Å². The molecule has 1 aliphatic heterocycles. The lowest BCUT2D eigenvalue weighted by Crippen LogP contribution is -2.42. The zero-order chi connectivity index (χ0) is 17.6. The van der Waals surface area contributed by atoms with Crippen LogP contribution in [0.1, 0.15) is 43.7 Å². The van der Waals surface area contributed by atoms with Gasteiger partial charge in [0.05, 0.1) is 12.2 Å². The normalized spacial score (nSPS) is 16.6. The minimum Gasteiger partial charge on any atom is -0.488 e. The third-order valence-electron chi connectivity index (χ3n) is 4.12. The first kappa shape index (κ1) is 17.3. The first-order valence-corrected chi connectivity index (χ1v) is 8.88. The van der Waals surface area contributed by atoms with Crippen molar-refractivity contribution < 1.29 is 9.26 Å². The van der Waals surface area contributed by atoms with Crippen molar-refractivity contribution in [2.75, 3.05) is 13.1 Å². The van der Waals surface area contributed by atoms with E-state index in [4.69, 9.17) is 9.26 Å². The molecule has 0 spiro atoms. The smallest absolute Gasteiger partial charge is 0.191 e. The van der Waals surface area contributed by atoms with E-state index in [0.717, 1.165) is 36.1 Å². The summed E-state index contributed by atoms with van der Waals surface area (Å²) in [5.74, 6) is 2.86. The monoisotopic (exact) mass is 342 g/mol. The molecule has 2 N–H and O–H groups in total. The minimum absolute atomic E-state index is 0.124. The van der Waals surface area contributed by atoms with E-state index in [0.29, 0.717) is 19.0 Å². The van der Waals surface area contributed by atoms with Crippen LogP contribution in [0.4, 0.5) is 0 Å². The molecule has 6 heteroatoms. The van der Waals surface area contributed by atoms with Crippen LogP contribution in [-0.4, -0.2) is 30.3 Å². The quantitative estimate of drug-likeness (QED) is 0.624. The zero-order valence-corrected chi connectivity index (χ0v) is 15.1. The fraction of sp³-hybridized carbons (Fsp3) is 0.474. The molecule has 0 saturated carbocycles. The molecule has 0 saturated heterocycles. The summed E-state index contributed by atoms with van der Waals surface area (Å²) in [6, 6.07) is 10.2. The van der Waals surface area contributed by atoms with Gasteiger partial charge in [-0.15, -0.1) is 0 Å². The number of fused-ring (bicyclic) bond motifs is 1. The Morgan fingerprint density at radius 2 is 2.16 bits per heavy atom. The lowest BCUT2D eigenvalue weighted by atomic mass is 10.1. The van der Waals surface area contributed by atoms with Crippen LogP contribution in [0.25, 0.3) is 0 Å². The summed E-state index contributed by atoms with van der Waals surface area (Å²) in [6.07, 6.45) is 1.04. The van der Waals surface area contributed by atoms with Gasteiger partial charge in [0.25, 0.3) is 0 Å². The highest BCUT2D eigenvalue weighted by Gasteiger charge is 2.22. The average Bonchev–Trinajstić information content (AvgIpc) is 3.23. The molecular weight excluding hydrogens is 316 g/mol. The molecule has 0 amide bonds. The van der Waals surface area contributed by atoms with Crippen molar-refractivity contribution >= 4 is 5.96 Å². The topological polar surface area (TPSA) is 71.7 Å². The summed E-state index contributed by atoms with van der Waals surface area (Å²) in [7, 11) is 0. The second-order valence-electron chi connectivity index (χ2n) is 6.50. The Hall–Kier alpha value is -2.50. The van der Waals surface area contributed by atoms with Crippen molar-refractivity contribution in [1.82, 2.24) is 15.8 Å². The van der Waals surface area contributed by atoms with Crippen LogP contribution >= 0.6 is 0 Å². The molecule has 0 fully saturated rings. The number of guanidine groups is 1. The standard InChI is InChI=1S/C19H26N4O2/c1-4-20-19(22-12-16-10-17(13(2)3)23-25-16)21-11-15-9-14-7-5-6-8-18(14)24-15/h5-8,10,13,15H,4,9,11-12H2,1-3H3,(H2,20,21,22). The van der Waals surface area contributed by atoms with Crippen LogP contribution in [0, 0.1) is 0 Å². The molecule has 2 aromatic rings. The van der Waals surface area contributed by atoms with Crippen molar-refractivity contribution in [3.05, 3.63) is 47.3 Å². The van der Waals surface area contributed by atoms with Gasteiger partial charge in [-0.25, -0.2) is 4.99 Å². The Labute approximate surface area is 148 Å². The van der Waals surface area contributed by atoms with E-state index < -0.39 is 0 Å². The van der Waals surface area contributed by atoms with Crippen molar-refractivity contribution in [2.45, 2.75) is 45.8 Å². The van der Waals surface area contributed by atoms with Crippen LogP contribution in [-0.2, 0) is 13.0 Å². The number of para-hydroxylation sites is 1. The molecule has 2 heterocycles. The van der Waals surface area contributed by atoms with Crippen LogP contribution in [0.3, 0.4) is 0 Å². The van der Waals surface area contributed by atoms with E-state index in [1.54, 1.807) is 0 Å². The fourth-order valence-electron chi connectivity index (χ4n) is 2.75. The molecule has 1 aromatic heterocycles. The molecule has 1 unspecified atom stereocenters. The maximum Gasteiger partial charge on any atom is 0.191 e. The second-order valence-corrected chi connectivity index (χ2v) is 6.50. The number of nitrogens with zero attached hydrogens (tertiary/aromatic N) is 2. The van der Waals surface area contributed by atoms with Gasteiger partial charge in [0, 0.05) is 19.0 Å². The molecule has 0 aliphatic carbocycles. The Kier molecular flexibility index (Phi) is 5.58. The number of ether oxygens (including phenoxy) is 1. The number of aromatic nitrogens is 1. The predicted molar refractivity (Wildman–Crippen MR) is 98.0 cm³/mol. The summed E-state index contributed by atoms with van der Waals surface area (Å²) in [6.45, 7) is 8.19. The third kappa shape index (κ3) is 4.53. The van der Waals surface area contributed by atoms with Gasteiger partial charge in [0.1, 0.15) is 18.4 Å². The van der Waals surface area contributed by atoms with Gasteiger partial charge in [-0.1, -0.05) is 37.2 Å². The number of benzene rings is 1. The van der Waals surface area contributed by atoms with Gasteiger partial charge >= 0.3 is 0 Å². The Bertz CT molecular complexity index is 699. The maximum atomic E-state index is 5.95. The highest BCUT2D eigenvalue weighted by molar-refractivity contribution is 5.79. The largest absolute Gasteiger partial charge is 0.488 e. The highest BCUT2D eigenvalue weighted by Crippen LogP contribution is 2.27. The molecule has 3 rings (SSSR count). The Balaban J connectivity index is 1.54. The number of hydrogen-bond donors (Lipinski definition) is 2. The summed E-state index contributed by atoms with van der Waals surface area (Å²) < 4.78 is 11.3. The van der Waals surface area contributed by atoms with Gasteiger partial charge in [-0.3, -0.25) is 0 Å². The van der Waals surface area contributed by atoms with E-state index in [2.05, 4.69) is 40.7 Å². The SMILES string of the molecule is CCNC(=NCc1cc(C(C)C)no1)NCC1Cc2ccccc2O1. The first-order chi connectivity index (χ1) is 12.2. The van der Waals surface area contributed by atoms with E-state index in [1.807, 2.05) is 31.2 Å². The molecule has 6 nitrogen and oxygen atoms in total. The number of rotatable bonds is 6. The zero-order valence-electron chi connectivity index (χ0n) is 15.1. The minimum atomic E-state index is 0.124. The highest BCUT2D eigenvalue weighted by atomic mass is 16.5. The molecule has 25 heavy (non-hydrogen) atoms. The van der Waals surface area contributed by atoms with Crippen molar-refractivity contribution in [2.24, 2.45) is 4.99 Å². The predicted octanol–water partition coefficient (Wildman–Crippen LogP) is 2.86. The molecule has 0 radical (unpaired) electrons. The number of nitrogens with one attached hydrogen (secondary N) is 2. The van der Waals surface area contributed by atoms with Gasteiger partial charge in [0.2, 0.25) is 0 Å². The summed E-state index contributed by atoms with van der Waals surface area (Å²) >= 11 is 0. The van der Waals surface area contributed by atoms with Crippen LogP contribution < -0.4 is 15.4 Å². The second kappa shape index (κ2) is 8.05. The van der Waals surface area contributed by atoms with Gasteiger partial charge in [-0.05, 0) is 24.5 Å². The van der Waals surface area contributed by atoms with Crippen molar-refractivity contribution in [1.29, 1.82) is 0 Å². The molecule has 1 aliphatic rings. The maximum absolute atomic E-state index is 5.95. The van der Waals surface area contributed by atoms with Gasteiger partial charge in [-0.2, -0.15) is 0 Å². The summed E-state index contributed by atoms with van der Waals surface area (Å²) in [5, 5.41) is 10.7.